The van der Waals surface area contributed by atoms with Gasteiger partial charge in [0.25, 0.3) is 5.91 Å². The highest BCUT2D eigenvalue weighted by atomic mass is 32.2. The number of pyridine rings is 1. The van der Waals surface area contributed by atoms with Crippen LogP contribution in [0.25, 0.3) is 0 Å². The van der Waals surface area contributed by atoms with Crippen molar-refractivity contribution in [1.29, 1.82) is 0 Å². The zero-order valence-electron chi connectivity index (χ0n) is 12.5. The third-order valence-electron chi connectivity index (χ3n) is 3.91. The van der Waals surface area contributed by atoms with Crippen LogP contribution in [-0.4, -0.2) is 68.9 Å². The summed E-state index contributed by atoms with van der Waals surface area (Å²) in [5, 5.41) is 0. The van der Waals surface area contributed by atoms with Crippen LogP contribution in [0.3, 0.4) is 0 Å². The molecule has 0 bridgehead atoms. The first kappa shape index (κ1) is 15.7. The zero-order chi connectivity index (χ0) is 15.5. The summed E-state index contributed by atoms with van der Waals surface area (Å²) in [5.74, 6) is 3.24. The number of carbonyl (C=O) groups excluding carboxylic acids is 2. The van der Waals surface area contributed by atoms with Crippen molar-refractivity contribution in [2.24, 2.45) is 0 Å². The van der Waals surface area contributed by atoms with Gasteiger partial charge in [-0.1, -0.05) is 0 Å². The van der Waals surface area contributed by atoms with Crippen molar-refractivity contribution in [1.82, 2.24) is 14.8 Å². The van der Waals surface area contributed by atoms with Crippen LogP contribution in [0.15, 0.2) is 18.3 Å². The Kier molecular flexibility index (Phi) is 4.93. The van der Waals surface area contributed by atoms with Crippen molar-refractivity contribution < 1.29 is 9.59 Å². The van der Waals surface area contributed by atoms with Gasteiger partial charge in [0.15, 0.2) is 0 Å². The highest BCUT2D eigenvalue weighted by molar-refractivity contribution is 7.99. The van der Waals surface area contributed by atoms with Crippen molar-refractivity contribution in [2.75, 3.05) is 36.2 Å². The van der Waals surface area contributed by atoms with Gasteiger partial charge in [-0.05, 0) is 19.1 Å². The van der Waals surface area contributed by atoms with Gasteiger partial charge in [-0.2, -0.15) is 11.8 Å². The Morgan fingerprint density at radius 1 is 1.23 bits per heavy atom. The molecule has 0 N–H and O–H groups in total. The number of aromatic nitrogens is 1. The standard InChI is InChI=1S/C15H19N3O2S2/c1-11-2-3-12(8-16-11)14(19)18-10-22-9-13(18)15(20)17-4-6-21-7-5-17/h2-3,8,13H,4-7,9-10H2,1H3. The molecule has 0 spiro atoms. The van der Waals surface area contributed by atoms with Crippen molar-refractivity contribution in [3.05, 3.63) is 29.6 Å². The smallest absolute Gasteiger partial charge is 0.256 e. The van der Waals surface area contributed by atoms with E-state index in [4.69, 9.17) is 0 Å². The maximum Gasteiger partial charge on any atom is 0.256 e. The number of aryl methyl sites for hydroxylation is 1. The highest BCUT2D eigenvalue weighted by Crippen LogP contribution is 2.25. The van der Waals surface area contributed by atoms with E-state index in [1.54, 1.807) is 28.9 Å². The second-order valence-corrected chi connectivity index (χ2v) is 7.64. The topological polar surface area (TPSA) is 53.5 Å². The number of hydrogen-bond donors (Lipinski definition) is 0. The molecule has 0 aromatic carbocycles. The molecule has 2 aliphatic rings. The van der Waals surface area contributed by atoms with E-state index in [9.17, 15) is 9.59 Å². The number of carbonyl (C=O) groups is 2. The fourth-order valence-corrected chi connectivity index (χ4v) is 4.65. The van der Waals surface area contributed by atoms with E-state index in [0.717, 1.165) is 30.3 Å². The summed E-state index contributed by atoms with van der Waals surface area (Å²) in [6.45, 7) is 3.47. The first-order valence-electron chi connectivity index (χ1n) is 7.35. The number of rotatable bonds is 2. The Morgan fingerprint density at radius 3 is 2.68 bits per heavy atom. The van der Waals surface area contributed by atoms with Gasteiger partial charge in [0.2, 0.25) is 5.91 Å². The first-order valence-corrected chi connectivity index (χ1v) is 9.65. The van der Waals surface area contributed by atoms with E-state index in [1.165, 1.54) is 0 Å². The Morgan fingerprint density at radius 2 is 2.00 bits per heavy atom. The monoisotopic (exact) mass is 337 g/mol. The third-order valence-corrected chi connectivity index (χ3v) is 5.86. The van der Waals surface area contributed by atoms with Gasteiger partial charge in [-0.25, -0.2) is 0 Å². The summed E-state index contributed by atoms with van der Waals surface area (Å²) in [4.78, 5) is 33.1. The predicted octanol–water partition coefficient (Wildman–Crippen LogP) is 1.48. The summed E-state index contributed by atoms with van der Waals surface area (Å²) >= 11 is 3.52. The van der Waals surface area contributed by atoms with Crippen molar-refractivity contribution in [2.45, 2.75) is 13.0 Å². The lowest BCUT2D eigenvalue weighted by Crippen LogP contribution is -2.51. The normalized spacial score (nSPS) is 22.0. The van der Waals surface area contributed by atoms with E-state index >= 15 is 0 Å². The quantitative estimate of drug-likeness (QED) is 0.818. The minimum atomic E-state index is -0.332. The van der Waals surface area contributed by atoms with E-state index in [0.29, 0.717) is 17.2 Å². The van der Waals surface area contributed by atoms with Crippen molar-refractivity contribution in [3.63, 3.8) is 0 Å². The highest BCUT2D eigenvalue weighted by Gasteiger charge is 2.37. The van der Waals surface area contributed by atoms with E-state index in [2.05, 4.69) is 4.98 Å². The molecule has 0 aliphatic carbocycles. The molecule has 2 amide bonds. The number of hydrogen-bond acceptors (Lipinski definition) is 5. The average Bonchev–Trinajstić information content (AvgIpc) is 3.04. The molecule has 1 aromatic heterocycles. The van der Waals surface area contributed by atoms with Crippen LogP contribution < -0.4 is 0 Å². The Balaban J connectivity index is 1.73. The van der Waals surface area contributed by atoms with Crippen LogP contribution in [0.1, 0.15) is 16.1 Å². The summed E-state index contributed by atoms with van der Waals surface area (Å²) < 4.78 is 0. The molecule has 2 fully saturated rings. The lowest BCUT2D eigenvalue weighted by Gasteiger charge is -2.32. The lowest BCUT2D eigenvalue weighted by molar-refractivity contribution is -0.134. The minimum Gasteiger partial charge on any atom is -0.339 e. The molecule has 1 aromatic rings. The molecule has 5 nitrogen and oxygen atoms in total. The van der Waals surface area contributed by atoms with E-state index < -0.39 is 0 Å². The molecule has 1 unspecified atom stereocenters. The van der Waals surface area contributed by atoms with Gasteiger partial charge in [-0.3, -0.25) is 14.6 Å². The van der Waals surface area contributed by atoms with Gasteiger partial charge in [-0.15, -0.1) is 11.8 Å². The Labute approximate surface area is 138 Å². The molecule has 22 heavy (non-hydrogen) atoms. The lowest BCUT2D eigenvalue weighted by atomic mass is 10.2. The molecule has 118 valence electrons. The van der Waals surface area contributed by atoms with Crippen LogP contribution in [0.2, 0.25) is 0 Å². The van der Waals surface area contributed by atoms with Gasteiger partial charge in [0, 0.05) is 42.2 Å². The molecule has 0 saturated carbocycles. The number of thioether (sulfide) groups is 2. The summed E-state index contributed by atoms with van der Waals surface area (Å²) in [6, 6.07) is 3.28. The van der Waals surface area contributed by atoms with Gasteiger partial charge in [0.05, 0.1) is 11.4 Å². The SMILES string of the molecule is Cc1ccc(C(=O)N2CSCC2C(=O)N2CCSCC2)cn1. The zero-order valence-corrected chi connectivity index (χ0v) is 14.2. The largest absolute Gasteiger partial charge is 0.339 e. The maximum atomic E-state index is 12.7. The van der Waals surface area contributed by atoms with Crippen LogP contribution >= 0.6 is 23.5 Å². The van der Waals surface area contributed by atoms with Crippen LogP contribution in [0.5, 0.6) is 0 Å². The molecular formula is C15H19N3O2S2. The number of nitrogens with zero attached hydrogens (tertiary/aromatic N) is 3. The summed E-state index contributed by atoms with van der Waals surface area (Å²) in [5.41, 5.74) is 1.44. The molecule has 1 atom stereocenters. The Hall–Kier alpha value is -1.21. The van der Waals surface area contributed by atoms with Gasteiger partial charge < -0.3 is 9.80 Å². The molecule has 2 aliphatic heterocycles. The van der Waals surface area contributed by atoms with Crippen LogP contribution in [0, 0.1) is 6.92 Å². The van der Waals surface area contributed by atoms with E-state index in [1.807, 2.05) is 29.7 Å². The van der Waals surface area contributed by atoms with Crippen LogP contribution in [0.4, 0.5) is 0 Å². The van der Waals surface area contributed by atoms with Crippen molar-refractivity contribution in [3.8, 4) is 0 Å². The Bertz CT molecular complexity index is 558. The fraction of sp³-hybridized carbons (Fsp3) is 0.533. The third kappa shape index (κ3) is 3.25. The van der Waals surface area contributed by atoms with Gasteiger partial charge in [0.1, 0.15) is 6.04 Å². The molecule has 2 saturated heterocycles. The molecule has 3 heterocycles. The minimum absolute atomic E-state index is 0.0952. The molecule has 0 radical (unpaired) electrons. The fourth-order valence-electron chi connectivity index (χ4n) is 2.60. The summed E-state index contributed by atoms with van der Waals surface area (Å²) in [6.07, 6.45) is 1.60. The number of amides is 2. The van der Waals surface area contributed by atoms with Gasteiger partial charge >= 0.3 is 0 Å². The van der Waals surface area contributed by atoms with Crippen molar-refractivity contribution >= 4 is 35.3 Å². The maximum absolute atomic E-state index is 12.7. The first-order chi connectivity index (χ1) is 10.7. The molecule has 7 heteroatoms. The predicted molar refractivity (Wildman–Crippen MR) is 90.2 cm³/mol. The summed E-state index contributed by atoms with van der Waals surface area (Å²) in [7, 11) is 0. The van der Waals surface area contributed by atoms with Crippen LogP contribution in [-0.2, 0) is 4.79 Å². The second-order valence-electron chi connectivity index (χ2n) is 5.42. The molecule has 3 rings (SSSR count). The van der Waals surface area contributed by atoms with E-state index in [-0.39, 0.29) is 17.9 Å². The average molecular weight is 337 g/mol. The molecular weight excluding hydrogens is 318 g/mol. The second kappa shape index (κ2) is 6.91.